The van der Waals surface area contributed by atoms with Crippen molar-refractivity contribution in [2.24, 2.45) is 0 Å². The van der Waals surface area contributed by atoms with Gasteiger partial charge in [-0.3, -0.25) is 10.1 Å². The van der Waals surface area contributed by atoms with Crippen LogP contribution in [-0.2, 0) is 6.42 Å². The molecule has 1 N–H and O–H groups in total. The van der Waals surface area contributed by atoms with Crippen molar-refractivity contribution in [1.82, 2.24) is 15.2 Å². The highest BCUT2D eigenvalue weighted by atomic mass is 19.1. The minimum absolute atomic E-state index is 0.192. The van der Waals surface area contributed by atoms with Crippen molar-refractivity contribution in [1.29, 1.82) is 0 Å². The van der Waals surface area contributed by atoms with E-state index < -0.39 is 0 Å². The average molecular weight is 253 g/mol. The third-order valence-corrected chi connectivity index (χ3v) is 2.95. The van der Waals surface area contributed by atoms with Crippen LogP contribution in [0.1, 0.15) is 11.3 Å². The Bertz CT molecular complexity index is 677. The standard InChI is InChI=1S/C15H12FN3/c16-14-4-2-1-3-12(14)9-13-10-15(19-18-13)11-5-7-17-8-6-11/h1-8,10H,9H2,(H,18,19). The largest absolute Gasteiger partial charge is 0.282 e. The summed E-state index contributed by atoms with van der Waals surface area (Å²) in [6, 6.07) is 12.5. The van der Waals surface area contributed by atoms with E-state index in [1.165, 1.54) is 6.07 Å². The van der Waals surface area contributed by atoms with Gasteiger partial charge in [-0.05, 0) is 29.8 Å². The molecule has 0 fully saturated rings. The van der Waals surface area contributed by atoms with Crippen LogP contribution in [0.4, 0.5) is 4.39 Å². The maximum atomic E-state index is 13.6. The summed E-state index contributed by atoms with van der Waals surface area (Å²) in [5, 5.41) is 7.18. The van der Waals surface area contributed by atoms with Crippen LogP contribution in [0.25, 0.3) is 11.3 Å². The summed E-state index contributed by atoms with van der Waals surface area (Å²) in [6.07, 6.45) is 3.95. The molecule has 3 aromatic rings. The minimum Gasteiger partial charge on any atom is -0.282 e. The number of benzene rings is 1. The van der Waals surface area contributed by atoms with Crippen LogP contribution in [0.5, 0.6) is 0 Å². The van der Waals surface area contributed by atoms with Crippen LogP contribution in [0.15, 0.2) is 54.9 Å². The number of aromatic amines is 1. The second-order valence-electron chi connectivity index (χ2n) is 4.28. The van der Waals surface area contributed by atoms with Gasteiger partial charge in [-0.15, -0.1) is 0 Å². The van der Waals surface area contributed by atoms with Gasteiger partial charge in [0.25, 0.3) is 0 Å². The molecule has 0 unspecified atom stereocenters. The molecule has 0 radical (unpaired) electrons. The van der Waals surface area contributed by atoms with Gasteiger partial charge in [-0.2, -0.15) is 5.10 Å². The van der Waals surface area contributed by atoms with E-state index in [9.17, 15) is 4.39 Å². The van der Waals surface area contributed by atoms with E-state index in [4.69, 9.17) is 0 Å². The number of hydrogen-bond donors (Lipinski definition) is 1. The molecule has 1 aromatic carbocycles. The molecule has 0 spiro atoms. The van der Waals surface area contributed by atoms with Crippen LogP contribution in [0.3, 0.4) is 0 Å². The summed E-state index contributed by atoms with van der Waals surface area (Å²) in [5.74, 6) is -0.192. The lowest BCUT2D eigenvalue weighted by Gasteiger charge is -1.99. The highest BCUT2D eigenvalue weighted by Crippen LogP contribution is 2.18. The minimum atomic E-state index is -0.192. The Labute approximate surface area is 110 Å². The fourth-order valence-electron chi connectivity index (χ4n) is 1.97. The monoisotopic (exact) mass is 253 g/mol. The zero-order valence-electron chi connectivity index (χ0n) is 10.2. The fourth-order valence-corrected chi connectivity index (χ4v) is 1.97. The molecule has 0 bridgehead atoms. The summed E-state index contributed by atoms with van der Waals surface area (Å²) in [7, 11) is 0. The lowest BCUT2D eigenvalue weighted by atomic mass is 10.1. The van der Waals surface area contributed by atoms with Crippen molar-refractivity contribution in [3.8, 4) is 11.3 Å². The Balaban J connectivity index is 1.85. The number of aromatic nitrogens is 3. The molecule has 94 valence electrons. The van der Waals surface area contributed by atoms with Crippen LogP contribution < -0.4 is 0 Å². The number of rotatable bonds is 3. The van der Waals surface area contributed by atoms with E-state index in [0.29, 0.717) is 12.0 Å². The molecule has 2 heterocycles. The highest BCUT2D eigenvalue weighted by Gasteiger charge is 2.06. The molecule has 0 aliphatic heterocycles. The molecule has 3 rings (SSSR count). The molecule has 0 saturated heterocycles. The number of pyridine rings is 1. The van der Waals surface area contributed by atoms with Crippen LogP contribution in [0, 0.1) is 5.82 Å². The van der Waals surface area contributed by atoms with Crippen LogP contribution in [0.2, 0.25) is 0 Å². The Morgan fingerprint density at radius 3 is 2.63 bits per heavy atom. The first-order valence-electron chi connectivity index (χ1n) is 6.01. The quantitative estimate of drug-likeness (QED) is 0.778. The molecule has 0 amide bonds. The summed E-state index contributed by atoms with van der Waals surface area (Å²) < 4.78 is 13.6. The smallest absolute Gasteiger partial charge is 0.126 e. The van der Waals surface area contributed by atoms with Gasteiger partial charge in [-0.1, -0.05) is 18.2 Å². The summed E-state index contributed by atoms with van der Waals surface area (Å²) >= 11 is 0. The van der Waals surface area contributed by atoms with Gasteiger partial charge < -0.3 is 0 Å². The van der Waals surface area contributed by atoms with Gasteiger partial charge in [0.1, 0.15) is 5.82 Å². The SMILES string of the molecule is Fc1ccccc1Cc1cc(-c2ccncc2)n[nH]1. The first-order chi connectivity index (χ1) is 9.33. The number of nitrogens with zero attached hydrogens (tertiary/aromatic N) is 2. The highest BCUT2D eigenvalue weighted by molar-refractivity contribution is 5.58. The lowest BCUT2D eigenvalue weighted by Crippen LogP contribution is -1.92. The molecule has 19 heavy (non-hydrogen) atoms. The zero-order chi connectivity index (χ0) is 13.1. The van der Waals surface area contributed by atoms with E-state index in [1.54, 1.807) is 24.5 Å². The average Bonchev–Trinajstić information content (AvgIpc) is 2.91. The second kappa shape index (κ2) is 5.02. The molecule has 0 aliphatic carbocycles. The predicted octanol–water partition coefficient (Wildman–Crippen LogP) is 3.20. The van der Waals surface area contributed by atoms with Crippen molar-refractivity contribution in [2.45, 2.75) is 6.42 Å². The molecule has 0 saturated carbocycles. The number of H-pyrrole nitrogens is 1. The van der Waals surface area contributed by atoms with Gasteiger partial charge in [0.05, 0.1) is 5.69 Å². The van der Waals surface area contributed by atoms with Crippen molar-refractivity contribution < 1.29 is 4.39 Å². The van der Waals surface area contributed by atoms with E-state index in [2.05, 4.69) is 15.2 Å². The zero-order valence-corrected chi connectivity index (χ0v) is 10.2. The van der Waals surface area contributed by atoms with Gasteiger partial charge >= 0.3 is 0 Å². The second-order valence-corrected chi connectivity index (χ2v) is 4.28. The number of nitrogens with one attached hydrogen (secondary N) is 1. The molecule has 0 aliphatic rings. The fraction of sp³-hybridized carbons (Fsp3) is 0.0667. The van der Waals surface area contributed by atoms with Gasteiger partial charge in [0.15, 0.2) is 0 Å². The Hall–Kier alpha value is -2.49. The van der Waals surface area contributed by atoms with E-state index >= 15 is 0 Å². The number of halogens is 1. The van der Waals surface area contributed by atoms with Crippen LogP contribution in [-0.4, -0.2) is 15.2 Å². The van der Waals surface area contributed by atoms with Crippen molar-refractivity contribution >= 4 is 0 Å². The van der Waals surface area contributed by atoms with Gasteiger partial charge in [0.2, 0.25) is 0 Å². The van der Waals surface area contributed by atoms with Gasteiger partial charge in [-0.25, -0.2) is 4.39 Å². The molecule has 4 heteroatoms. The first-order valence-corrected chi connectivity index (χ1v) is 6.01. The molecule has 2 aromatic heterocycles. The number of hydrogen-bond acceptors (Lipinski definition) is 2. The van der Waals surface area contributed by atoms with E-state index in [0.717, 1.165) is 17.0 Å². The third-order valence-electron chi connectivity index (χ3n) is 2.95. The van der Waals surface area contributed by atoms with Crippen LogP contribution >= 0.6 is 0 Å². The molecular formula is C15H12FN3. The summed E-state index contributed by atoms with van der Waals surface area (Å²) in [4.78, 5) is 3.97. The molecular weight excluding hydrogens is 241 g/mol. The first kappa shape index (κ1) is 11.6. The topological polar surface area (TPSA) is 41.6 Å². The normalized spacial score (nSPS) is 10.6. The Kier molecular flexibility index (Phi) is 3.06. The third kappa shape index (κ3) is 2.52. The van der Waals surface area contributed by atoms with Crippen molar-refractivity contribution in [3.05, 3.63) is 71.9 Å². The maximum absolute atomic E-state index is 13.6. The summed E-state index contributed by atoms with van der Waals surface area (Å²) in [5.41, 5.74) is 3.38. The van der Waals surface area contributed by atoms with Gasteiger partial charge in [0, 0.05) is 30.1 Å². The predicted molar refractivity (Wildman–Crippen MR) is 71.0 cm³/mol. The van der Waals surface area contributed by atoms with E-state index in [-0.39, 0.29) is 5.82 Å². The lowest BCUT2D eigenvalue weighted by molar-refractivity contribution is 0.613. The van der Waals surface area contributed by atoms with Crippen molar-refractivity contribution in [3.63, 3.8) is 0 Å². The Morgan fingerprint density at radius 1 is 1.05 bits per heavy atom. The molecule has 0 atom stereocenters. The maximum Gasteiger partial charge on any atom is 0.126 e. The van der Waals surface area contributed by atoms with E-state index in [1.807, 2.05) is 24.3 Å². The van der Waals surface area contributed by atoms with Crippen molar-refractivity contribution in [2.75, 3.05) is 0 Å². The Morgan fingerprint density at radius 2 is 1.84 bits per heavy atom. The molecule has 3 nitrogen and oxygen atoms in total. The summed E-state index contributed by atoms with van der Waals surface area (Å²) in [6.45, 7) is 0.